The lowest BCUT2D eigenvalue weighted by Crippen LogP contribution is -2.21. The van der Waals surface area contributed by atoms with Crippen LogP contribution >= 0.6 is 27.3 Å². The highest BCUT2D eigenvalue weighted by molar-refractivity contribution is 9.11. The zero-order valence-corrected chi connectivity index (χ0v) is 9.28. The van der Waals surface area contributed by atoms with Gasteiger partial charge in [-0.1, -0.05) is 0 Å². The van der Waals surface area contributed by atoms with Crippen molar-refractivity contribution >= 4 is 27.3 Å². The molecule has 0 spiro atoms. The van der Waals surface area contributed by atoms with Crippen LogP contribution in [0.15, 0.2) is 15.2 Å². The SMILES string of the molecule is CC(O)C1(c2csc(Br)c2)CC1. The predicted molar refractivity (Wildman–Crippen MR) is 54.6 cm³/mol. The normalized spacial score (nSPS) is 22.2. The van der Waals surface area contributed by atoms with Gasteiger partial charge < -0.3 is 5.11 Å². The van der Waals surface area contributed by atoms with Gasteiger partial charge in [0.1, 0.15) is 0 Å². The average molecular weight is 247 g/mol. The summed E-state index contributed by atoms with van der Waals surface area (Å²) in [7, 11) is 0. The Bertz CT molecular complexity index is 288. The van der Waals surface area contributed by atoms with Crippen molar-refractivity contribution in [3.63, 3.8) is 0 Å². The molecule has 0 aromatic carbocycles. The molecule has 66 valence electrons. The first-order valence-electron chi connectivity index (χ1n) is 4.08. The summed E-state index contributed by atoms with van der Waals surface area (Å²) in [5.41, 5.74) is 1.40. The molecule has 1 nitrogen and oxygen atoms in total. The second kappa shape index (κ2) is 2.82. The van der Waals surface area contributed by atoms with Gasteiger partial charge in [0.15, 0.2) is 0 Å². The Kier molecular flexibility index (Phi) is 2.05. The lowest BCUT2D eigenvalue weighted by Gasteiger charge is -2.16. The maximum Gasteiger partial charge on any atom is 0.0701 e. The average Bonchev–Trinajstić information content (AvgIpc) is 2.71. The summed E-state index contributed by atoms with van der Waals surface area (Å²) in [5, 5.41) is 11.7. The molecule has 1 heterocycles. The largest absolute Gasteiger partial charge is 0.392 e. The maximum atomic E-state index is 9.59. The summed E-state index contributed by atoms with van der Waals surface area (Å²) >= 11 is 5.13. The number of hydrogen-bond donors (Lipinski definition) is 1. The van der Waals surface area contributed by atoms with E-state index >= 15 is 0 Å². The van der Waals surface area contributed by atoms with Crippen molar-refractivity contribution in [3.05, 3.63) is 20.8 Å². The van der Waals surface area contributed by atoms with Crippen molar-refractivity contribution in [2.75, 3.05) is 0 Å². The van der Waals surface area contributed by atoms with Gasteiger partial charge in [-0.05, 0) is 52.7 Å². The monoisotopic (exact) mass is 246 g/mol. The van der Waals surface area contributed by atoms with Crippen LogP contribution < -0.4 is 0 Å². The molecule has 0 aliphatic heterocycles. The van der Waals surface area contributed by atoms with E-state index in [9.17, 15) is 5.11 Å². The molecule has 0 saturated heterocycles. The summed E-state index contributed by atoms with van der Waals surface area (Å²) in [6.07, 6.45) is 2.06. The Balaban J connectivity index is 2.30. The van der Waals surface area contributed by atoms with Crippen molar-refractivity contribution < 1.29 is 5.11 Å². The van der Waals surface area contributed by atoms with Crippen LogP contribution in [0.1, 0.15) is 25.3 Å². The van der Waals surface area contributed by atoms with Crippen LogP contribution in [-0.4, -0.2) is 11.2 Å². The number of aliphatic hydroxyl groups excluding tert-OH is 1. The summed E-state index contributed by atoms with van der Waals surface area (Å²) in [6, 6.07) is 2.13. The molecule has 0 radical (unpaired) electrons. The van der Waals surface area contributed by atoms with E-state index in [2.05, 4.69) is 27.4 Å². The smallest absolute Gasteiger partial charge is 0.0701 e. The fourth-order valence-electron chi connectivity index (χ4n) is 1.65. The Labute approximate surface area is 84.6 Å². The van der Waals surface area contributed by atoms with E-state index in [1.807, 2.05) is 6.92 Å². The van der Waals surface area contributed by atoms with Crippen LogP contribution in [0.2, 0.25) is 0 Å². The Morgan fingerprint density at radius 3 is 2.67 bits per heavy atom. The fourth-order valence-corrected chi connectivity index (χ4v) is 2.92. The first-order chi connectivity index (χ1) is 5.65. The van der Waals surface area contributed by atoms with Gasteiger partial charge in [0.05, 0.1) is 9.89 Å². The van der Waals surface area contributed by atoms with Crippen LogP contribution in [0.25, 0.3) is 0 Å². The number of thiophene rings is 1. The van der Waals surface area contributed by atoms with Crippen molar-refractivity contribution in [3.8, 4) is 0 Å². The summed E-state index contributed by atoms with van der Waals surface area (Å²) < 4.78 is 1.16. The highest BCUT2D eigenvalue weighted by Crippen LogP contribution is 2.52. The van der Waals surface area contributed by atoms with E-state index in [-0.39, 0.29) is 11.5 Å². The molecule has 12 heavy (non-hydrogen) atoms. The van der Waals surface area contributed by atoms with Gasteiger partial charge in [0, 0.05) is 5.41 Å². The van der Waals surface area contributed by atoms with Crippen molar-refractivity contribution in [2.45, 2.75) is 31.3 Å². The molecule has 1 aliphatic rings. The van der Waals surface area contributed by atoms with Crippen molar-refractivity contribution in [2.24, 2.45) is 0 Å². The summed E-state index contributed by atoms with van der Waals surface area (Å²) in [5.74, 6) is 0. The van der Waals surface area contributed by atoms with Crippen LogP contribution in [0.3, 0.4) is 0 Å². The van der Waals surface area contributed by atoms with Gasteiger partial charge in [0.2, 0.25) is 0 Å². The van der Waals surface area contributed by atoms with E-state index in [0.29, 0.717) is 0 Å². The van der Waals surface area contributed by atoms with Crippen LogP contribution in [-0.2, 0) is 5.41 Å². The Morgan fingerprint density at radius 2 is 2.33 bits per heavy atom. The van der Waals surface area contributed by atoms with Crippen LogP contribution in [0, 0.1) is 0 Å². The third kappa shape index (κ3) is 1.24. The van der Waals surface area contributed by atoms with Gasteiger partial charge in [-0.3, -0.25) is 0 Å². The Hall–Kier alpha value is 0.140. The second-order valence-electron chi connectivity index (χ2n) is 3.47. The van der Waals surface area contributed by atoms with Gasteiger partial charge >= 0.3 is 0 Å². The van der Waals surface area contributed by atoms with E-state index in [1.54, 1.807) is 11.3 Å². The first-order valence-corrected chi connectivity index (χ1v) is 5.75. The van der Waals surface area contributed by atoms with Gasteiger partial charge in [-0.15, -0.1) is 11.3 Å². The van der Waals surface area contributed by atoms with Crippen molar-refractivity contribution in [1.82, 2.24) is 0 Å². The lowest BCUT2D eigenvalue weighted by molar-refractivity contribution is 0.151. The number of hydrogen-bond acceptors (Lipinski definition) is 2. The molecule has 0 bridgehead atoms. The molecule has 1 N–H and O–H groups in total. The highest BCUT2D eigenvalue weighted by atomic mass is 79.9. The van der Waals surface area contributed by atoms with E-state index in [4.69, 9.17) is 0 Å². The zero-order valence-electron chi connectivity index (χ0n) is 6.88. The van der Waals surface area contributed by atoms with Gasteiger partial charge in [-0.25, -0.2) is 0 Å². The lowest BCUT2D eigenvalue weighted by atomic mass is 9.94. The molecule has 1 aliphatic carbocycles. The molecule has 2 rings (SSSR count). The summed E-state index contributed by atoms with van der Waals surface area (Å²) in [6.45, 7) is 1.89. The topological polar surface area (TPSA) is 20.2 Å². The first kappa shape index (κ1) is 8.73. The van der Waals surface area contributed by atoms with E-state index < -0.39 is 0 Å². The minimum absolute atomic E-state index is 0.0997. The molecule has 1 aromatic rings. The Morgan fingerprint density at radius 1 is 1.67 bits per heavy atom. The van der Waals surface area contributed by atoms with Gasteiger partial charge in [0.25, 0.3) is 0 Å². The third-order valence-electron chi connectivity index (χ3n) is 2.73. The van der Waals surface area contributed by atoms with Crippen LogP contribution in [0.4, 0.5) is 0 Å². The van der Waals surface area contributed by atoms with Gasteiger partial charge in [-0.2, -0.15) is 0 Å². The number of aliphatic hydroxyl groups is 1. The molecule has 0 amide bonds. The quantitative estimate of drug-likeness (QED) is 0.851. The maximum absolute atomic E-state index is 9.59. The molecule has 3 heteroatoms. The third-order valence-corrected chi connectivity index (χ3v) is 4.24. The molecule has 1 aromatic heterocycles. The molecule has 1 saturated carbocycles. The molecule has 1 unspecified atom stereocenters. The molecular weight excluding hydrogens is 236 g/mol. The van der Waals surface area contributed by atoms with Crippen molar-refractivity contribution in [1.29, 1.82) is 0 Å². The minimum atomic E-state index is -0.209. The number of rotatable bonds is 2. The van der Waals surface area contributed by atoms with E-state index in [0.717, 1.165) is 16.6 Å². The zero-order chi connectivity index (χ0) is 8.77. The highest BCUT2D eigenvalue weighted by Gasteiger charge is 2.48. The fraction of sp³-hybridized carbons (Fsp3) is 0.556. The van der Waals surface area contributed by atoms with Crippen LogP contribution in [0.5, 0.6) is 0 Å². The predicted octanol–water partition coefficient (Wildman–Crippen LogP) is 2.92. The van der Waals surface area contributed by atoms with E-state index in [1.165, 1.54) is 5.56 Å². The molecule has 1 atom stereocenters. The molecule has 1 fully saturated rings. The summed E-state index contributed by atoms with van der Waals surface area (Å²) in [4.78, 5) is 0. The molecular formula is C9H11BrOS. The standard InChI is InChI=1S/C9H11BrOS/c1-6(11)9(2-3-9)7-4-8(10)12-5-7/h4-6,11H,2-3H2,1H3. The number of halogens is 1. The minimum Gasteiger partial charge on any atom is -0.392 e. The second-order valence-corrected chi connectivity index (χ2v) is 5.76.